The molecule has 2 aromatic carbocycles. The minimum atomic E-state index is -0.959. The molecule has 0 bridgehead atoms. The standard InChI is InChI=1S/C41H45BrN8O6/c42-29-2-1-3-32-35(29)37(52)36-33(56-32)21-31(38(43)45-36)49-18-16-47(17-19-49)23-24-8-12-46(13-9-24)22-25-10-14-48(15-11-25)26-4-5-27-28(20-26)41(55)50(40(27)54)30-6-7-34(51)44-39(30)53/h1-5,20-21,24-25,30H,6-19,22-23H2,(H2,43,45)(H,44,51,53). The number of piperazine rings is 1. The number of imide groups is 2. The number of likely N-dealkylation sites (tertiary alicyclic amines) is 1. The van der Waals surface area contributed by atoms with Crippen LogP contribution in [0.1, 0.15) is 59.2 Å². The zero-order valence-electron chi connectivity index (χ0n) is 31.2. The highest BCUT2D eigenvalue weighted by Gasteiger charge is 2.45. The van der Waals surface area contributed by atoms with Crippen molar-refractivity contribution < 1.29 is 23.6 Å². The third kappa shape index (κ3) is 6.83. The number of nitrogen functional groups attached to an aromatic ring is 1. The van der Waals surface area contributed by atoms with Gasteiger partial charge in [-0.15, -0.1) is 0 Å². The molecule has 56 heavy (non-hydrogen) atoms. The maximum Gasteiger partial charge on any atom is 0.262 e. The molecule has 7 heterocycles. The van der Waals surface area contributed by atoms with Crippen molar-refractivity contribution in [1.29, 1.82) is 0 Å². The molecule has 0 spiro atoms. The molecule has 3 N–H and O–H groups in total. The number of carbonyl (C=O) groups excluding carboxylic acids is 4. The topological polar surface area (TPSA) is 166 Å². The van der Waals surface area contributed by atoms with Gasteiger partial charge in [-0.3, -0.25) is 39.1 Å². The number of rotatable bonds is 7. The fourth-order valence-electron chi connectivity index (χ4n) is 9.32. The average molecular weight is 826 g/mol. The fraction of sp³-hybridized carbons (Fsp3) is 0.463. The molecule has 4 amide bonds. The van der Waals surface area contributed by atoms with Crippen LogP contribution in [0.15, 0.2) is 56.1 Å². The molecular weight excluding hydrogens is 780 g/mol. The third-order valence-electron chi connectivity index (χ3n) is 12.5. The number of nitrogens with zero attached hydrogens (tertiary/aromatic N) is 6. The molecule has 4 saturated heterocycles. The van der Waals surface area contributed by atoms with Crippen molar-refractivity contribution in [2.75, 3.05) is 81.0 Å². The highest BCUT2D eigenvalue weighted by Crippen LogP contribution is 2.34. The lowest BCUT2D eigenvalue weighted by Gasteiger charge is -2.41. The van der Waals surface area contributed by atoms with Gasteiger partial charge in [0.05, 0.1) is 22.2 Å². The molecule has 4 fully saturated rings. The lowest BCUT2D eigenvalue weighted by atomic mass is 9.92. The molecule has 5 aliphatic heterocycles. The molecule has 0 aliphatic carbocycles. The Balaban J connectivity index is 0.729. The van der Waals surface area contributed by atoms with Gasteiger partial charge < -0.3 is 24.9 Å². The SMILES string of the molecule is Nc1nc2c(=O)c3c(Br)cccc3oc2cc1N1CCN(CC2CCN(CC3CCN(c4ccc5c(c4)C(=O)N(C4CCC(=O)NC4=O)C5=O)CC3)CC2)CC1. The highest BCUT2D eigenvalue weighted by molar-refractivity contribution is 9.10. The summed E-state index contributed by atoms with van der Waals surface area (Å²) in [5.74, 6) is -0.284. The number of carbonyl (C=O) groups is 4. The Morgan fingerprint density at radius 3 is 2.14 bits per heavy atom. The van der Waals surface area contributed by atoms with Crippen LogP contribution in [0, 0.1) is 11.8 Å². The minimum absolute atomic E-state index is 0.102. The smallest absolute Gasteiger partial charge is 0.262 e. The molecular formula is C41H45BrN8O6. The quantitative estimate of drug-likeness (QED) is 0.205. The summed E-state index contributed by atoms with van der Waals surface area (Å²) in [5.41, 5.74) is 9.81. The Morgan fingerprint density at radius 1 is 0.750 bits per heavy atom. The zero-order valence-corrected chi connectivity index (χ0v) is 32.8. The molecule has 2 aromatic heterocycles. The normalized spacial score (nSPS) is 22.1. The van der Waals surface area contributed by atoms with Crippen molar-refractivity contribution in [2.24, 2.45) is 11.8 Å². The van der Waals surface area contributed by atoms with E-state index in [-0.39, 0.29) is 29.7 Å². The first-order valence-corrected chi connectivity index (χ1v) is 20.5. The van der Waals surface area contributed by atoms with Crippen LogP contribution in [-0.2, 0) is 9.59 Å². The second-order valence-corrected chi connectivity index (χ2v) is 16.8. The first kappa shape index (κ1) is 36.8. The van der Waals surface area contributed by atoms with Gasteiger partial charge >= 0.3 is 0 Å². The number of piperidine rings is 3. The third-order valence-corrected chi connectivity index (χ3v) is 13.2. The number of hydrogen-bond donors (Lipinski definition) is 2. The number of aromatic nitrogens is 1. The maximum absolute atomic E-state index is 13.3. The Hall–Kier alpha value is -4.86. The van der Waals surface area contributed by atoms with Crippen LogP contribution in [0.2, 0.25) is 0 Å². The molecule has 0 saturated carbocycles. The van der Waals surface area contributed by atoms with Gasteiger partial charge in [0, 0.05) is 75.0 Å². The van der Waals surface area contributed by atoms with Crippen molar-refractivity contribution in [3.05, 3.63) is 68.3 Å². The fourth-order valence-corrected chi connectivity index (χ4v) is 9.85. The molecule has 1 unspecified atom stereocenters. The Labute approximate surface area is 332 Å². The minimum Gasteiger partial charge on any atom is -0.454 e. The number of pyridine rings is 1. The number of halogens is 1. The van der Waals surface area contributed by atoms with Crippen molar-refractivity contribution in [1.82, 2.24) is 25.0 Å². The molecule has 5 aliphatic rings. The lowest BCUT2D eigenvalue weighted by molar-refractivity contribution is -0.136. The van der Waals surface area contributed by atoms with Crippen LogP contribution in [0.4, 0.5) is 17.2 Å². The van der Waals surface area contributed by atoms with E-state index in [9.17, 15) is 24.0 Å². The van der Waals surface area contributed by atoms with Gasteiger partial charge in [0.15, 0.2) is 11.1 Å². The van der Waals surface area contributed by atoms with Gasteiger partial charge in [0.2, 0.25) is 17.2 Å². The number of nitrogens with one attached hydrogen (secondary N) is 1. The summed E-state index contributed by atoms with van der Waals surface area (Å²) in [5, 5.41) is 2.72. The number of amides is 4. The van der Waals surface area contributed by atoms with Gasteiger partial charge in [-0.25, -0.2) is 4.98 Å². The number of hydrogen-bond acceptors (Lipinski definition) is 12. The van der Waals surface area contributed by atoms with Crippen LogP contribution in [0.5, 0.6) is 0 Å². The largest absolute Gasteiger partial charge is 0.454 e. The van der Waals surface area contributed by atoms with E-state index in [1.165, 1.54) is 12.8 Å². The van der Waals surface area contributed by atoms with E-state index >= 15 is 0 Å². The van der Waals surface area contributed by atoms with Gasteiger partial charge in [-0.2, -0.15) is 0 Å². The molecule has 15 heteroatoms. The highest BCUT2D eigenvalue weighted by atomic mass is 79.9. The van der Waals surface area contributed by atoms with Crippen molar-refractivity contribution in [2.45, 2.75) is 44.6 Å². The second-order valence-electron chi connectivity index (χ2n) is 15.9. The van der Waals surface area contributed by atoms with E-state index in [1.54, 1.807) is 18.2 Å². The lowest BCUT2D eigenvalue weighted by Crippen LogP contribution is -2.54. The van der Waals surface area contributed by atoms with Crippen molar-refractivity contribution in [3.8, 4) is 0 Å². The average Bonchev–Trinajstić information content (AvgIpc) is 3.44. The Kier molecular flexibility index (Phi) is 9.78. The van der Waals surface area contributed by atoms with E-state index in [1.807, 2.05) is 24.3 Å². The van der Waals surface area contributed by atoms with E-state index in [0.29, 0.717) is 49.8 Å². The van der Waals surface area contributed by atoms with Crippen molar-refractivity contribution in [3.63, 3.8) is 0 Å². The van der Waals surface area contributed by atoms with Gasteiger partial charge in [0.1, 0.15) is 17.4 Å². The summed E-state index contributed by atoms with van der Waals surface area (Å²) >= 11 is 3.46. The maximum atomic E-state index is 13.3. The summed E-state index contributed by atoms with van der Waals surface area (Å²) in [6, 6.07) is 11.8. The summed E-state index contributed by atoms with van der Waals surface area (Å²) < 4.78 is 6.78. The number of benzene rings is 2. The summed E-state index contributed by atoms with van der Waals surface area (Å²) in [6.45, 7) is 9.75. The summed E-state index contributed by atoms with van der Waals surface area (Å²) in [6.07, 6.45) is 4.77. The van der Waals surface area contributed by atoms with Crippen LogP contribution in [0.25, 0.3) is 22.1 Å². The first-order chi connectivity index (χ1) is 27.1. The first-order valence-electron chi connectivity index (χ1n) is 19.7. The predicted octanol–water partition coefficient (Wildman–Crippen LogP) is 3.84. The van der Waals surface area contributed by atoms with Gasteiger partial charge in [0.25, 0.3) is 11.8 Å². The predicted molar refractivity (Wildman–Crippen MR) is 216 cm³/mol. The molecule has 4 aromatic rings. The summed E-state index contributed by atoms with van der Waals surface area (Å²) in [7, 11) is 0. The van der Waals surface area contributed by atoms with E-state index in [4.69, 9.17) is 10.2 Å². The van der Waals surface area contributed by atoms with Crippen LogP contribution >= 0.6 is 15.9 Å². The van der Waals surface area contributed by atoms with Crippen LogP contribution in [0.3, 0.4) is 0 Å². The number of fused-ring (bicyclic) bond motifs is 3. The van der Waals surface area contributed by atoms with E-state index in [0.717, 1.165) is 94.6 Å². The van der Waals surface area contributed by atoms with Crippen LogP contribution < -0.4 is 26.3 Å². The molecule has 9 rings (SSSR count). The Bertz CT molecular complexity index is 2310. The molecule has 14 nitrogen and oxygen atoms in total. The van der Waals surface area contributed by atoms with Gasteiger partial charge in [-0.1, -0.05) is 6.07 Å². The van der Waals surface area contributed by atoms with E-state index < -0.39 is 23.8 Å². The number of anilines is 3. The number of nitrogens with two attached hydrogens (primary N) is 1. The second kappa shape index (κ2) is 14.9. The monoisotopic (exact) mass is 824 g/mol. The van der Waals surface area contributed by atoms with E-state index in [2.05, 4.69) is 45.8 Å². The van der Waals surface area contributed by atoms with Crippen LogP contribution in [-0.4, -0.2) is 115 Å². The summed E-state index contributed by atoms with van der Waals surface area (Å²) in [4.78, 5) is 79.0. The Morgan fingerprint density at radius 2 is 1.43 bits per heavy atom. The van der Waals surface area contributed by atoms with Crippen molar-refractivity contribution >= 4 is 78.8 Å². The molecule has 292 valence electrons. The molecule has 1 atom stereocenters. The zero-order chi connectivity index (χ0) is 38.7. The molecule has 0 radical (unpaired) electrons. The van der Waals surface area contributed by atoms with Gasteiger partial charge in [-0.05, 0) is 103 Å².